The first-order valence-electron chi connectivity index (χ1n) is 5.41. The third-order valence-corrected chi connectivity index (χ3v) is 2.31. The number of benzene rings is 1. The molecule has 0 fully saturated rings. The van der Waals surface area contributed by atoms with Crippen LogP contribution in [-0.4, -0.2) is 24.5 Å². The van der Waals surface area contributed by atoms with Crippen LogP contribution in [0.4, 0.5) is 5.69 Å². The zero-order chi connectivity index (χ0) is 13.7. The molecule has 1 aromatic carbocycles. The third-order valence-electron chi connectivity index (χ3n) is 2.00. The van der Waals surface area contributed by atoms with Gasteiger partial charge in [-0.1, -0.05) is 11.6 Å². The van der Waals surface area contributed by atoms with Gasteiger partial charge in [-0.15, -0.1) is 0 Å². The van der Waals surface area contributed by atoms with Crippen LogP contribution in [-0.2, 0) is 9.53 Å². The highest BCUT2D eigenvalue weighted by atomic mass is 35.5. The second-order valence-corrected chi connectivity index (χ2v) is 4.44. The van der Waals surface area contributed by atoms with Gasteiger partial charge in [0, 0.05) is 11.7 Å². The van der Waals surface area contributed by atoms with Gasteiger partial charge in [-0.05, 0) is 32.0 Å². The fourth-order valence-corrected chi connectivity index (χ4v) is 1.54. The maximum absolute atomic E-state index is 11.6. The second kappa shape index (κ2) is 6.26. The molecule has 0 aliphatic carbocycles. The van der Waals surface area contributed by atoms with Gasteiger partial charge in [-0.25, -0.2) is 4.79 Å². The van der Waals surface area contributed by atoms with Crippen LogP contribution in [0.3, 0.4) is 0 Å². The van der Waals surface area contributed by atoms with Crippen molar-refractivity contribution in [3.8, 4) is 0 Å². The number of carbonyl (C=O) groups excluding carboxylic acids is 2. The summed E-state index contributed by atoms with van der Waals surface area (Å²) in [6.45, 7) is 3.30. The molecule has 0 atom stereocenters. The quantitative estimate of drug-likeness (QED) is 0.643. The van der Waals surface area contributed by atoms with Gasteiger partial charge in [-0.2, -0.15) is 0 Å². The number of hydrogen-bond acceptors (Lipinski definition) is 4. The number of nitrogens with two attached hydrogens (primary N) is 1. The van der Waals surface area contributed by atoms with Crippen LogP contribution in [0, 0.1) is 0 Å². The van der Waals surface area contributed by atoms with Crippen molar-refractivity contribution < 1.29 is 14.3 Å². The molecule has 0 aliphatic heterocycles. The molecule has 0 aliphatic rings. The summed E-state index contributed by atoms with van der Waals surface area (Å²) in [6.07, 6.45) is 0. The summed E-state index contributed by atoms with van der Waals surface area (Å²) in [5.74, 6) is -1.01. The van der Waals surface area contributed by atoms with Crippen LogP contribution in [0.25, 0.3) is 0 Å². The molecule has 5 nitrogen and oxygen atoms in total. The van der Waals surface area contributed by atoms with Gasteiger partial charge in [-0.3, -0.25) is 4.79 Å². The molecule has 0 saturated carbocycles. The number of nitrogens with one attached hydrogen (secondary N) is 1. The lowest BCUT2D eigenvalue weighted by molar-refractivity contribution is -0.124. The van der Waals surface area contributed by atoms with E-state index in [0.29, 0.717) is 5.69 Å². The van der Waals surface area contributed by atoms with Crippen LogP contribution in [0.5, 0.6) is 0 Å². The molecule has 0 unspecified atom stereocenters. The van der Waals surface area contributed by atoms with Crippen molar-refractivity contribution in [2.45, 2.75) is 19.9 Å². The normalized spacial score (nSPS) is 10.2. The summed E-state index contributed by atoms with van der Waals surface area (Å²) in [7, 11) is 0. The third kappa shape index (κ3) is 4.25. The Bertz CT molecular complexity index is 461. The predicted molar refractivity (Wildman–Crippen MR) is 69.4 cm³/mol. The van der Waals surface area contributed by atoms with E-state index in [1.165, 1.54) is 18.2 Å². The number of esters is 1. The van der Waals surface area contributed by atoms with E-state index in [2.05, 4.69) is 5.32 Å². The van der Waals surface area contributed by atoms with Crippen molar-refractivity contribution in [1.29, 1.82) is 0 Å². The molecule has 0 bridgehead atoms. The van der Waals surface area contributed by atoms with Gasteiger partial charge in [0.2, 0.25) is 0 Å². The highest BCUT2D eigenvalue weighted by Gasteiger charge is 2.14. The number of carbonyl (C=O) groups is 2. The molecule has 98 valence electrons. The minimum atomic E-state index is -0.654. The molecule has 0 saturated heterocycles. The maximum Gasteiger partial charge on any atom is 0.340 e. The first-order chi connectivity index (χ1) is 8.40. The summed E-state index contributed by atoms with van der Waals surface area (Å²) in [4.78, 5) is 22.9. The molecule has 0 radical (unpaired) electrons. The van der Waals surface area contributed by atoms with E-state index >= 15 is 0 Å². The monoisotopic (exact) mass is 270 g/mol. The number of anilines is 1. The Hall–Kier alpha value is -1.75. The molecule has 0 spiro atoms. The molecule has 0 heterocycles. The largest absolute Gasteiger partial charge is 0.452 e. The summed E-state index contributed by atoms with van der Waals surface area (Å²) in [5.41, 5.74) is 6.14. The van der Waals surface area contributed by atoms with Gasteiger partial charge < -0.3 is 15.8 Å². The molecule has 0 aromatic heterocycles. The van der Waals surface area contributed by atoms with Crippen molar-refractivity contribution in [1.82, 2.24) is 5.32 Å². The standard InChI is InChI=1S/C12H15ClN2O3/c1-7(2)15-11(16)6-18-12(17)9-4-3-8(14)5-10(9)13/h3-5,7H,6,14H2,1-2H3,(H,15,16). The van der Waals surface area contributed by atoms with E-state index in [-0.39, 0.29) is 29.1 Å². The number of hydrogen-bond donors (Lipinski definition) is 2. The molecule has 1 aromatic rings. The molecule has 1 rings (SSSR count). The first-order valence-corrected chi connectivity index (χ1v) is 5.79. The average molecular weight is 271 g/mol. The summed E-state index contributed by atoms with van der Waals surface area (Å²) in [5, 5.41) is 2.80. The molecular weight excluding hydrogens is 256 g/mol. The zero-order valence-electron chi connectivity index (χ0n) is 10.2. The molecule has 3 N–H and O–H groups in total. The Kier molecular flexibility index (Phi) is 4.97. The van der Waals surface area contributed by atoms with Gasteiger partial charge in [0.05, 0.1) is 10.6 Å². The smallest absolute Gasteiger partial charge is 0.340 e. The van der Waals surface area contributed by atoms with E-state index in [1.54, 1.807) is 0 Å². The summed E-state index contributed by atoms with van der Waals surface area (Å²) in [6, 6.07) is 4.44. The van der Waals surface area contributed by atoms with Crippen molar-refractivity contribution in [2.75, 3.05) is 12.3 Å². The lowest BCUT2D eigenvalue weighted by Crippen LogP contribution is -2.34. The molecular formula is C12H15ClN2O3. The van der Waals surface area contributed by atoms with E-state index in [1.807, 2.05) is 13.8 Å². The first kappa shape index (κ1) is 14.3. The Labute approximate surface area is 110 Å². The van der Waals surface area contributed by atoms with Crippen molar-refractivity contribution in [3.63, 3.8) is 0 Å². The van der Waals surface area contributed by atoms with Crippen LogP contribution < -0.4 is 11.1 Å². The highest BCUT2D eigenvalue weighted by Crippen LogP contribution is 2.19. The van der Waals surface area contributed by atoms with Gasteiger partial charge in [0.15, 0.2) is 6.61 Å². The molecule has 18 heavy (non-hydrogen) atoms. The van der Waals surface area contributed by atoms with Crippen LogP contribution in [0.1, 0.15) is 24.2 Å². The van der Waals surface area contributed by atoms with E-state index < -0.39 is 5.97 Å². The average Bonchev–Trinajstić information content (AvgIpc) is 2.25. The zero-order valence-corrected chi connectivity index (χ0v) is 11.0. The van der Waals surface area contributed by atoms with Gasteiger partial charge in [0.1, 0.15) is 0 Å². The lowest BCUT2D eigenvalue weighted by Gasteiger charge is -2.09. The highest BCUT2D eigenvalue weighted by molar-refractivity contribution is 6.33. The maximum atomic E-state index is 11.6. The summed E-state index contributed by atoms with van der Waals surface area (Å²) >= 11 is 5.84. The number of ether oxygens (including phenoxy) is 1. The predicted octanol–water partition coefficient (Wildman–Crippen LogP) is 1.60. The fourth-order valence-electron chi connectivity index (χ4n) is 1.27. The van der Waals surface area contributed by atoms with Crippen LogP contribution in [0.15, 0.2) is 18.2 Å². The number of amides is 1. The number of halogens is 1. The van der Waals surface area contributed by atoms with Crippen molar-refractivity contribution >= 4 is 29.2 Å². The number of rotatable bonds is 4. The Morgan fingerprint density at radius 2 is 2.11 bits per heavy atom. The van der Waals surface area contributed by atoms with Gasteiger partial charge >= 0.3 is 5.97 Å². The van der Waals surface area contributed by atoms with Gasteiger partial charge in [0.25, 0.3) is 5.91 Å². The van der Waals surface area contributed by atoms with Crippen molar-refractivity contribution in [2.24, 2.45) is 0 Å². The fraction of sp³-hybridized carbons (Fsp3) is 0.333. The summed E-state index contributed by atoms with van der Waals surface area (Å²) < 4.78 is 4.84. The molecule has 1 amide bonds. The molecule has 6 heteroatoms. The van der Waals surface area contributed by atoms with E-state index in [4.69, 9.17) is 22.1 Å². The second-order valence-electron chi connectivity index (χ2n) is 4.04. The Balaban J connectivity index is 2.58. The number of nitrogen functional groups attached to an aromatic ring is 1. The Morgan fingerprint density at radius 3 is 2.67 bits per heavy atom. The van der Waals surface area contributed by atoms with Crippen molar-refractivity contribution in [3.05, 3.63) is 28.8 Å². The lowest BCUT2D eigenvalue weighted by atomic mass is 10.2. The van der Waals surface area contributed by atoms with E-state index in [9.17, 15) is 9.59 Å². The van der Waals surface area contributed by atoms with E-state index in [0.717, 1.165) is 0 Å². The topological polar surface area (TPSA) is 81.4 Å². The minimum Gasteiger partial charge on any atom is -0.452 e. The Morgan fingerprint density at radius 1 is 1.44 bits per heavy atom. The minimum absolute atomic E-state index is 0.00341. The van der Waals surface area contributed by atoms with Crippen LogP contribution in [0.2, 0.25) is 5.02 Å². The SMILES string of the molecule is CC(C)NC(=O)COC(=O)c1ccc(N)cc1Cl. The van der Waals surface area contributed by atoms with Crippen LogP contribution >= 0.6 is 11.6 Å².